The van der Waals surface area contributed by atoms with Crippen LogP contribution < -0.4 is 5.32 Å². The lowest BCUT2D eigenvalue weighted by atomic mass is 10.0. The summed E-state index contributed by atoms with van der Waals surface area (Å²) in [5.74, 6) is 0.344. The molecule has 4 nitrogen and oxygen atoms in total. The van der Waals surface area contributed by atoms with E-state index in [1.807, 2.05) is 27.7 Å². The van der Waals surface area contributed by atoms with E-state index in [9.17, 15) is 4.79 Å². The summed E-state index contributed by atoms with van der Waals surface area (Å²) < 4.78 is 0. The van der Waals surface area contributed by atoms with Gasteiger partial charge in [0, 0.05) is 25.7 Å². The Bertz CT molecular complexity index is 179. The maximum absolute atomic E-state index is 11.7. The second kappa shape index (κ2) is 7.51. The molecular weight excluding hydrogens is 192 g/mol. The predicted molar refractivity (Wildman–Crippen MR) is 61.8 cm³/mol. The van der Waals surface area contributed by atoms with Crippen molar-refractivity contribution in [1.82, 2.24) is 10.2 Å². The van der Waals surface area contributed by atoms with Gasteiger partial charge in [0.1, 0.15) is 0 Å². The Kier molecular flexibility index (Phi) is 7.13. The molecule has 1 unspecified atom stereocenters. The molecule has 0 radical (unpaired) electrons. The van der Waals surface area contributed by atoms with Crippen molar-refractivity contribution in [2.45, 2.75) is 40.2 Å². The molecule has 0 aliphatic rings. The van der Waals surface area contributed by atoms with Crippen LogP contribution in [-0.4, -0.2) is 41.8 Å². The lowest BCUT2D eigenvalue weighted by Gasteiger charge is -2.26. The Morgan fingerprint density at radius 2 is 1.87 bits per heavy atom. The van der Waals surface area contributed by atoms with Gasteiger partial charge in [0.05, 0.1) is 0 Å². The summed E-state index contributed by atoms with van der Waals surface area (Å²) in [6, 6.07) is 0.0234. The van der Waals surface area contributed by atoms with E-state index in [1.54, 1.807) is 4.90 Å². The minimum atomic E-state index is -0.0350. The fourth-order valence-corrected chi connectivity index (χ4v) is 1.47. The SMILES string of the molecule is CCN(CC)C(=O)NC(CCO)C(C)C. The number of carbonyl (C=O) groups is 1. The number of urea groups is 1. The second-order valence-corrected chi connectivity index (χ2v) is 3.98. The molecule has 1 atom stereocenters. The summed E-state index contributed by atoms with van der Waals surface area (Å²) in [5.41, 5.74) is 0. The minimum absolute atomic E-state index is 0.0350. The van der Waals surface area contributed by atoms with E-state index in [4.69, 9.17) is 5.11 Å². The highest BCUT2D eigenvalue weighted by Gasteiger charge is 2.17. The highest BCUT2D eigenvalue weighted by atomic mass is 16.3. The summed E-state index contributed by atoms with van der Waals surface area (Å²) in [6.45, 7) is 9.55. The van der Waals surface area contributed by atoms with Gasteiger partial charge in [0.2, 0.25) is 0 Å². The van der Waals surface area contributed by atoms with Gasteiger partial charge in [0.25, 0.3) is 0 Å². The zero-order chi connectivity index (χ0) is 11.8. The number of rotatable bonds is 6. The Labute approximate surface area is 92.7 Å². The normalized spacial score (nSPS) is 12.7. The fraction of sp³-hybridized carbons (Fsp3) is 0.909. The zero-order valence-corrected chi connectivity index (χ0v) is 10.3. The third kappa shape index (κ3) is 5.02. The number of carbonyl (C=O) groups excluding carboxylic acids is 1. The molecule has 0 aromatic heterocycles. The first-order valence-electron chi connectivity index (χ1n) is 5.73. The maximum Gasteiger partial charge on any atom is 0.317 e. The van der Waals surface area contributed by atoms with Gasteiger partial charge in [-0.2, -0.15) is 0 Å². The van der Waals surface area contributed by atoms with Crippen molar-refractivity contribution >= 4 is 6.03 Å². The quantitative estimate of drug-likeness (QED) is 0.706. The average Bonchev–Trinajstić information content (AvgIpc) is 2.18. The molecule has 90 valence electrons. The summed E-state index contributed by atoms with van der Waals surface area (Å²) >= 11 is 0. The lowest BCUT2D eigenvalue weighted by molar-refractivity contribution is 0.187. The number of hydrogen-bond acceptors (Lipinski definition) is 2. The van der Waals surface area contributed by atoms with Gasteiger partial charge in [-0.05, 0) is 26.2 Å². The molecule has 2 N–H and O–H groups in total. The molecule has 0 aliphatic heterocycles. The van der Waals surface area contributed by atoms with Crippen LogP contribution in [0.15, 0.2) is 0 Å². The maximum atomic E-state index is 11.7. The van der Waals surface area contributed by atoms with Crippen LogP contribution in [0, 0.1) is 5.92 Å². The van der Waals surface area contributed by atoms with Crippen LogP contribution in [0.3, 0.4) is 0 Å². The van der Waals surface area contributed by atoms with Crippen molar-refractivity contribution in [3.05, 3.63) is 0 Å². The molecule has 0 spiro atoms. The van der Waals surface area contributed by atoms with Crippen molar-refractivity contribution in [3.63, 3.8) is 0 Å². The zero-order valence-electron chi connectivity index (χ0n) is 10.3. The van der Waals surface area contributed by atoms with E-state index in [-0.39, 0.29) is 18.7 Å². The van der Waals surface area contributed by atoms with Gasteiger partial charge < -0.3 is 15.3 Å². The Morgan fingerprint density at radius 1 is 1.33 bits per heavy atom. The van der Waals surface area contributed by atoms with Gasteiger partial charge in [-0.15, -0.1) is 0 Å². The minimum Gasteiger partial charge on any atom is -0.396 e. The molecule has 0 heterocycles. The third-order valence-electron chi connectivity index (χ3n) is 2.60. The molecular formula is C11H24N2O2. The van der Waals surface area contributed by atoms with Crippen molar-refractivity contribution in [3.8, 4) is 0 Å². The summed E-state index contributed by atoms with van der Waals surface area (Å²) in [7, 11) is 0. The highest BCUT2D eigenvalue weighted by molar-refractivity contribution is 5.74. The van der Waals surface area contributed by atoms with Crippen LogP contribution in [0.25, 0.3) is 0 Å². The monoisotopic (exact) mass is 216 g/mol. The molecule has 0 rings (SSSR count). The van der Waals surface area contributed by atoms with Gasteiger partial charge in [-0.25, -0.2) is 4.79 Å². The van der Waals surface area contributed by atoms with E-state index in [2.05, 4.69) is 5.32 Å². The van der Waals surface area contributed by atoms with Crippen molar-refractivity contribution in [2.24, 2.45) is 5.92 Å². The van der Waals surface area contributed by atoms with Crippen LogP contribution in [0.2, 0.25) is 0 Å². The molecule has 0 saturated carbocycles. The van der Waals surface area contributed by atoms with E-state index in [1.165, 1.54) is 0 Å². The lowest BCUT2D eigenvalue weighted by Crippen LogP contribution is -2.46. The van der Waals surface area contributed by atoms with E-state index < -0.39 is 0 Å². The molecule has 2 amide bonds. The topological polar surface area (TPSA) is 52.6 Å². The van der Waals surface area contributed by atoms with E-state index >= 15 is 0 Å². The molecule has 0 fully saturated rings. The molecule has 0 saturated heterocycles. The van der Waals surface area contributed by atoms with Crippen LogP contribution in [0.5, 0.6) is 0 Å². The van der Waals surface area contributed by atoms with Crippen LogP contribution in [-0.2, 0) is 0 Å². The molecule has 0 aromatic rings. The van der Waals surface area contributed by atoms with Crippen LogP contribution >= 0.6 is 0 Å². The standard InChI is InChI=1S/C11H24N2O2/c1-5-13(6-2)11(15)12-10(7-8-14)9(3)4/h9-10,14H,5-8H2,1-4H3,(H,12,15). The average molecular weight is 216 g/mol. The van der Waals surface area contributed by atoms with Gasteiger partial charge in [-0.1, -0.05) is 13.8 Å². The smallest absolute Gasteiger partial charge is 0.317 e. The van der Waals surface area contributed by atoms with Crippen molar-refractivity contribution in [2.75, 3.05) is 19.7 Å². The molecule has 0 aliphatic carbocycles. The number of nitrogens with zero attached hydrogens (tertiary/aromatic N) is 1. The van der Waals surface area contributed by atoms with E-state index in [0.717, 1.165) is 0 Å². The first-order chi connectivity index (χ1) is 7.06. The van der Waals surface area contributed by atoms with Gasteiger partial charge in [0.15, 0.2) is 0 Å². The van der Waals surface area contributed by atoms with Gasteiger partial charge in [-0.3, -0.25) is 0 Å². The molecule has 15 heavy (non-hydrogen) atoms. The van der Waals surface area contributed by atoms with Crippen LogP contribution in [0.4, 0.5) is 4.79 Å². The number of aliphatic hydroxyl groups is 1. The molecule has 0 aromatic carbocycles. The fourth-order valence-electron chi connectivity index (χ4n) is 1.47. The Morgan fingerprint density at radius 3 is 2.20 bits per heavy atom. The van der Waals surface area contributed by atoms with Gasteiger partial charge >= 0.3 is 6.03 Å². The van der Waals surface area contributed by atoms with Crippen molar-refractivity contribution < 1.29 is 9.90 Å². The Balaban J connectivity index is 4.20. The summed E-state index contributed by atoms with van der Waals surface area (Å²) in [4.78, 5) is 13.5. The first kappa shape index (κ1) is 14.2. The number of hydrogen-bond donors (Lipinski definition) is 2. The van der Waals surface area contributed by atoms with Crippen LogP contribution in [0.1, 0.15) is 34.1 Å². The number of nitrogens with one attached hydrogen (secondary N) is 1. The summed E-state index contributed by atoms with van der Waals surface area (Å²) in [6.07, 6.45) is 0.616. The third-order valence-corrected chi connectivity index (χ3v) is 2.60. The largest absolute Gasteiger partial charge is 0.396 e. The predicted octanol–water partition coefficient (Wildman–Crippen LogP) is 1.44. The summed E-state index contributed by atoms with van der Waals surface area (Å²) in [5, 5.41) is 11.8. The Hall–Kier alpha value is -0.770. The van der Waals surface area contributed by atoms with E-state index in [0.29, 0.717) is 25.4 Å². The number of aliphatic hydroxyl groups excluding tert-OH is 1. The highest BCUT2D eigenvalue weighted by Crippen LogP contribution is 2.06. The molecule has 0 bridgehead atoms. The first-order valence-corrected chi connectivity index (χ1v) is 5.73. The molecule has 4 heteroatoms. The van der Waals surface area contributed by atoms with Crippen molar-refractivity contribution in [1.29, 1.82) is 0 Å². The second-order valence-electron chi connectivity index (χ2n) is 3.98. The number of amides is 2.